The van der Waals surface area contributed by atoms with E-state index in [0.29, 0.717) is 17.2 Å². The summed E-state index contributed by atoms with van der Waals surface area (Å²) in [6.07, 6.45) is 1.63. The van der Waals surface area contributed by atoms with Gasteiger partial charge in [0.05, 0.1) is 6.54 Å². The molecule has 1 N–H and O–H groups in total. The summed E-state index contributed by atoms with van der Waals surface area (Å²) in [4.78, 5) is 30.0. The van der Waals surface area contributed by atoms with E-state index in [0.717, 1.165) is 10.9 Å². The molecule has 0 unspecified atom stereocenters. The first-order valence-electron chi connectivity index (χ1n) is 8.30. The molecular weight excluding hydrogens is 350 g/mol. The average Bonchev–Trinajstić information content (AvgIpc) is 2.57. The fourth-order valence-corrected chi connectivity index (χ4v) is 2.82. The van der Waals surface area contributed by atoms with Gasteiger partial charge in [-0.15, -0.1) is 0 Å². The van der Waals surface area contributed by atoms with Gasteiger partial charge in [0.1, 0.15) is 11.2 Å². The molecule has 5 nitrogen and oxygen atoms in total. The highest BCUT2D eigenvalue weighted by atomic mass is 35.5. The van der Waals surface area contributed by atoms with Crippen molar-refractivity contribution in [1.29, 1.82) is 0 Å². The monoisotopic (exact) mass is 369 g/mol. The maximum Gasteiger partial charge on any atom is 0.265 e. The van der Waals surface area contributed by atoms with Crippen molar-refractivity contribution in [3.63, 3.8) is 0 Å². The number of benzene rings is 1. The van der Waals surface area contributed by atoms with Gasteiger partial charge in [-0.2, -0.15) is 0 Å². The highest BCUT2D eigenvalue weighted by Gasteiger charge is 2.20. The van der Waals surface area contributed by atoms with Crippen LogP contribution in [0.15, 0.2) is 53.5 Å². The Balaban J connectivity index is 2.14. The summed E-state index contributed by atoms with van der Waals surface area (Å²) in [5, 5.41) is 4.21. The van der Waals surface area contributed by atoms with E-state index >= 15 is 0 Å². The molecule has 26 heavy (non-hydrogen) atoms. The zero-order chi connectivity index (χ0) is 18.9. The van der Waals surface area contributed by atoms with Crippen molar-refractivity contribution in [3.8, 4) is 0 Å². The lowest BCUT2D eigenvalue weighted by atomic mass is 10.1. The average molecular weight is 370 g/mol. The van der Waals surface area contributed by atoms with Gasteiger partial charge in [-0.3, -0.25) is 14.2 Å². The molecule has 0 saturated carbocycles. The van der Waals surface area contributed by atoms with Crippen LogP contribution in [0, 0.1) is 0 Å². The summed E-state index contributed by atoms with van der Waals surface area (Å²) in [6.45, 7) is 5.93. The highest BCUT2D eigenvalue weighted by molar-refractivity contribution is 6.30. The predicted molar refractivity (Wildman–Crippen MR) is 104 cm³/mol. The van der Waals surface area contributed by atoms with Gasteiger partial charge in [-0.1, -0.05) is 23.7 Å². The fourth-order valence-electron chi connectivity index (χ4n) is 2.70. The van der Waals surface area contributed by atoms with Gasteiger partial charge in [-0.05, 0) is 56.7 Å². The van der Waals surface area contributed by atoms with Gasteiger partial charge in [0.15, 0.2) is 0 Å². The molecule has 2 aromatic heterocycles. The lowest BCUT2D eigenvalue weighted by Gasteiger charge is -2.21. The number of hydrogen-bond donors (Lipinski definition) is 1. The van der Waals surface area contributed by atoms with Crippen molar-refractivity contribution in [3.05, 3.63) is 75.2 Å². The van der Waals surface area contributed by atoms with Crippen molar-refractivity contribution in [2.45, 2.75) is 32.9 Å². The summed E-state index contributed by atoms with van der Waals surface area (Å²) in [6, 6.07) is 12.5. The summed E-state index contributed by atoms with van der Waals surface area (Å²) >= 11 is 5.94. The number of hydrogen-bond acceptors (Lipinski definition) is 3. The first-order chi connectivity index (χ1) is 12.2. The summed E-state index contributed by atoms with van der Waals surface area (Å²) < 4.78 is 1.52. The van der Waals surface area contributed by atoms with E-state index in [1.807, 2.05) is 39.0 Å². The quantitative estimate of drug-likeness (QED) is 0.766. The third-order valence-corrected chi connectivity index (χ3v) is 4.09. The molecule has 0 bridgehead atoms. The van der Waals surface area contributed by atoms with E-state index in [4.69, 9.17) is 11.6 Å². The van der Waals surface area contributed by atoms with Crippen LogP contribution in [-0.4, -0.2) is 21.0 Å². The number of aromatic nitrogens is 2. The van der Waals surface area contributed by atoms with E-state index in [-0.39, 0.29) is 11.1 Å². The van der Waals surface area contributed by atoms with Crippen LogP contribution >= 0.6 is 11.6 Å². The molecule has 0 atom stereocenters. The molecule has 1 amide bonds. The lowest BCUT2D eigenvalue weighted by Crippen LogP contribution is -2.43. The molecule has 6 heteroatoms. The van der Waals surface area contributed by atoms with Crippen molar-refractivity contribution < 1.29 is 4.79 Å². The van der Waals surface area contributed by atoms with Crippen LogP contribution in [0.25, 0.3) is 11.0 Å². The Morgan fingerprint density at radius 3 is 2.54 bits per heavy atom. The number of fused-ring (bicyclic) bond motifs is 1. The van der Waals surface area contributed by atoms with Gasteiger partial charge in [0.2, 0.25) is 0 Å². The Bertz CT molecular complexity index is 1020. The standard InChI is InChI=1S/C20H20ClN3O2/c1-20(2,3)23-18(25)16-11-14-5-4-10-22-17(14)24(19(16)26)12-13-6-8-15(21)9-7-13/h4-11H,12H2,1-3H3,(H,23,25). The third kappa shape index (κ3) is 3.94. The van der Waals surface area contributed by atoms with Crippen molar-refractivity contribution in [1.82, 2.24) is 14.9 Å². The van der Waals surface area contributed by atoms with Crippen LogP contribution in [0.2, 0.25) is 5.02 Å². The smallest absolute Gasteiger partial charge is 0.265 e. The SMILES string of the molecule is CC(C)(C)NC(=O)c1cc2cccnc2n(Cc2ccc(Cl)cc2)c1=O. The number of amides is 1. The van der Waals surface area contributed by atoms with Crippen molar-refractivity contribution >= 4 is 28.5 Å². The van der Waals surface area contributed by atoms with Gasteiger partial charge < -0.3 is 5.32 Å². The van der Waals surface area contributed by atoms with Gasteiger partial charge in [0.25, 0.3) is 11.5 Å². The van der Waals surface area contributed by atoms with Crippen LogP contribution in [0.1, 0.15) is 36.7 Å². The fraction of sp³-hybridized carbons (Fsp3) is 0.250. The molecular formula is C20H20ClN3O2. The second-order valence-electron chi connectivity index (χ2n) is 7.20. The number of pyridine rings is 2. The van der Waals surface area contributed by atoms with E-state index < -0.39 is 11.4 Å². The minimum absolute atomic E-state index is 0.106. The Morgan fingerprint density at radius 1 is 1.19 bits per heavy atom. The number of carbonyl (C=O) groups is 1. The van der Waals surface area contributed by atoms with Crippen LogP contribution in [-0.2, 0) is 6.54 Å². The molecule has 0 radical (unpaired) electrons. The molecule has 0 aliphatic rings. The minimum atomic E-state index is -0.436. The van der Waals surface area contributed by atoms with E-state index in [1.165, 1.54) is 4.57 Å². The predicted octanol–water partition coefficient (Wildman–Crippen LogP) is 3.63. The van der Waals surface area contributed by atoms with E-state index in [9.17, 15) is 9.59 Å². The summed E-state index contributed by atoms with van der Waals surface area (Å²) in [5.41, 5.74) is 0.743. The maximum atomic E-state index is 13.0. The number of carbonyl (C=O) groups excluding carboxylic acids is 1. The lowest BCUT2D eigenvalue weighted by molar-refractivity contribution is 0.0917. The van der Waals surface area contributed by atoms with Crippen LogP contribution in [0.3, 0.4) is 0 Å². The summed E-state index contributed by atoms with van der Waals surface area (Å²) in [5.74, 6) is -0.391. The third-order valence-electron chi connectivity index (χ3n) is 3.84. The van der Waals surface area contributed by atoms with Crippen molar-refractivity contribution in [2.24, 2.45) is 0 Å². The molecule has 0 spiro atoms. The zero-order valence-electron chi connectivity index (χ0n) is 14.9. The molecule has 1 aromatic carbocycles. The van der Waals surface area contributed by atoms with Gasteiger partial charge in [0, 0.05) is 22.1 Å². The Labute approximate surface area is 156 Å². The Morgan fingerprint density at radius 2 is 1.88 bits per heavy atom. The van der Waals surface area contributed by atoms with Crippen LogP contribution in [0.5, 0.6) is 0 Å². The molecule has 2 heterocycles. The molecule has 134 valence electrons. The van der Waals surface area contributed by atoms with E-state index in [1.54, 1.807) is 30.5 Å². The maximum absolute atomic E-state index is 13.0. The van der Waals surface area contributed by atoms with Gasteiger partial charge in [-0.25, -0.2) is 4.98 Å². The first kappa shape index (κ1) is 18.1. The zero-order valence-corrected chi connectivity index (χ0v) is 15.7. The normalized spacial score (nSPS) is 11.5. The molecule has 3 aromatic rings. The largest absolute Gasteiger partial charge is 0.347 e. The first-order valence-corrected chi connectivity index (χ1v) is 8.68. The Hall–Kier alpha value is -2.66. The molecule has 0 saturated heterocycles. The molecule has 0 aliphatic heterocycles. The Kier molecular flexibility index (Phi) is 4.83. The van der Waals surface area contributed by atoms with Crippen molar-refractivity contribution in [2.75, 3.05) is 0 Å². The molecule has 3 rings (SSSR count). The minimum Gasteiger partial charge on any atom is -0.347 e. The van der Waals surface area contributed by atoms with Gasteiger partial charge >= 0.3 is 0 Å². The highest BCUT2D eigenvalue weighted by Crippen LogP contribution is 2.15. The number of nitrogens with zero attached hydrogens (tertiary/aromatic N) is 2. The topological polar surface area (TPSA) is 64.0 Å². The number of rotatable bonds is 3. The molecule has 0 fully saturated rings. The summed E-state index contributed by atoms with van der Waals surface area (Å²) in [7, 11) is 0. The molecule has 0 aliphatic carbocycles. The second kappa shape index (κ2) is 6.92. The number of halogens is 1. The van der Waals surface area contributed by atoms with Crippen LogP contribution < -0.4 is 10.9 Å². The number of nitrogens with one attached hydrogen (secondary N) is 1. The van der Waals surface area contributed by atoms with Crippen LogP contribution in [0.4, 0.5) is 0 Å². The van der Waals surface area contributed by atoms with E-state index in [2.05, 4.69) is 10.3 Å². The second-order valence-corrected chi connectivity index (χ2v) is 7.63.